The van der Waals surface area contributed by atoms with Crippen LogP contribution in [0.1, 0.15) is 59.3 Å². The van der Waals surface area contributed by atoms with E-state index < -0.39 is 10.5 Å². The first-order valence-corrected chi connectivity index (χ1v) is 6.57. The number of rotatable bonds is 7. The van der Waals surface area contributed by atoms with Crippen LogP contribution in [0.2, 0.25) is 0 Å². The minimum atomic E-state index is -2.20. The maximum atomic E-state index is 9.97. The van der Waals surface area contributed by atoms with Gasteiger partial charge in [0.15, 0.2) is 0 Å². The Hall–Kier alpha value is -0.450. The summed E-state index contributed by atoms with van der Waals surface area (Å²) in [7, 11) is -2.20. The molecule has 0 rings (SSSR count). The van der Waals surface area contributed by atoms with Gasteiger partial charge < -0.3 is 0 Å². The van der Waals surface area contributed by atoms with Gasteiger partial charge in [0.05, 0.1) is 6.54 Å². The molecule has 0 unspecified atom stereocenters. The molecule has 5 heteroatoms. The Kier molecular flexibility index (Phi) is 25.6. The lowest BCUT2D eigenvalue weighted by Crippen LogP contribution is -1.82. The van der Waals surface area contributed by atoms with Crippen LogP contribution in [-0.4, -0.2) is 15.0 Å². The Balaban J connectivity index is -0.000000449. The summed E-state index contributed by atoms with van der Waals surface area (Å²) in [5.74, 6) is 0. The van der Waals surface area contributed by atoms with E-state index in [2.05, 4.69) is 11.3 Å². The standard InChI is InChI=1S/C8H17NO2S.C2H6.FH/c1-2-3-4-5-6-7-8-9-12(10)11;1-2;/h2-8H2,1H3;1-2H3;1H. The molecule has 0 atom stereocenters. The summed E-state index contributed by atoms with van der Waals surface area (Å²) >= 11 is 0. The van der Waals surface area contributed by atoms with Crippen LogP contribution in [-0.2, 0) is 10.5 Å². The topological polar surface area (TPSA) is 46.5 Å². The molecule has 0 heterocycles. The lowest BCUT2D eigenvalue weighted by atomic mass is 10.1. The van der Waals surface area contributed by atoms with Crippen LogP contribution in [0.3, 0.4) is 0 Å². The van der Waals surface area contributed by atoms with Gasteiger partial charge in [-0.2, -0.15) is 12.8 Å². The summed E-state index contributed by atoms with van der Waals surface area (Å²) in [6.45, 7) is 6.64. The van der Waals surface area contributed by atoms with Crippen molar-refractivity contribution in [3.8, 4) is 0 Å². The van der Waals surface area contributed by atoms with Crippen LogP contribution in [0.25, 0.3) is 0 Å². The molecule has 0 amide bonds. The Labute approximate surface area is 94.4 Å². The van der Waals surface area contributed by atoms with Gasteiger partial charge in [0.2, 0.25) is 0 Å². The minimum Gasteiger partial charge on any atom is -0.269 e. The highest BCUT2D eigenvalue weighted by Crippen LogP contribution is 2.04. The highest BCUT2D eigenvalue weighted by Gasteiger charge is 1.88. The molecule has 0 saturated heterocycles. The van der Waals surface area contributed by atoms with Crippen LogP contribution in [0.5, 0.6) is 0 Å². The van der Waals surface area contributed by atoms with Crippen molar-refractivity contribution in [2.24, 2.45) is 4.36 Å². The lowest BCUT2D eigenvalue weighted by molar-refractivity contribution is 0.604. The van der Waals surface area contributed by atoms with Crippen molar-refractivity contribution in [3.05, 3.63) is 0 Å². The zero-order valence-electron chi connectivity index (χ0n) is 10.0. The first kappa shape index (κ1) is 20.0. The third kappa shape index (κ3) is 24.7. The quantitative estimate of drug-likeness (QED) is 0.639. The fourth-order valence-electron chi connectivity index (χ4n) is 1.03. The van der Waals surface area contributed by atoms with Gasteiger partial charge >= 0.3 is 10.5 Å². The van der Waals surface area contributed by atoms with Gasteiger partial charge in [0.25, 0.3) is 0 Å². The van der Waals surface area contributed by atoms with Crippen LogP contribution < -0.4 is 0 Å². The second-order valence-electron chi connectivity index (χ2n) is 2.84. The molecule has 15 heavy (non-hydrogen) atoms. The van der Waals surface area contributed by atoms with Gasteiger partial charge in [-0.05, 0) is 6.42 Å². The molecule has 0 aliphatic carbocycles. The highest BCUT2D eigenvalue weighted by atomic mass is 32.2. The molecule has 0 aromatic carbocycles. The Bertz CT molecular complexity index is 207. The maximum Gasteiger partial charge on any atom is 0.311 e. The van der Waals surface area contributed by atoms with Crippen molar-refractivity contribution in [2.45, 2.75) is 59.3 Å². The summed E-state index contributed by atoms with van der Waals surface area (Å²) in [6, 6.07) is 0. The first-order chi connectivity index (χ1) is 6.77. The largest absolute Gasteiger partial charge is 0.311 e. The molecule has 0 aliphatic heterocycles. The van der Waals surface area contributed by atoms with Gasteiger partial charge in [0.1, 0.15) is 0 Å². The second kappa shape index (κ2) is 19.2. The Morgan fingerprint density at radius 3 is 1.87 bits per heavy atom. The molecule has 0 spiro atoms. The van der Waals surface area contributed by atoms with E-state index in [1.54, 1.807) is 0 Å². The molecule has 3 nitrogen and oxygen atoms in total. The number of halogens is 1. The van der Waals surface area contributed by atoms with Crippen molar-refractivity contribution in [2.75, 3.05) is 6.54 Å². The van der Waals surface area contributed by atoms with Crippen LogP contribution >= 0.6 is 0 Å². The Morgan fingerprint density at radius 1 is 0.933 bits per heavy atom. The lowest BCUT2D eigenvalue weighted by Gasteiger charge is -1.95. The van der Waals surface area contributed by atoms with Crippen molar-refractivity contribution in [3.63, 3.8) is 0 Å². The van der Waals surface area contributed by atoms with Crippen molar-refractivity contribution in [1.29, 1.82) is 0 Å². The van der Waals surface area contributed by atoms with Gasteiger partial charge in [0, 0.05) is 0 Å². The van der Waals surface area contributed by atoms with E-state index in [-0.39, 0.29) is 4.70 Å². The zero-order chi connectivity index (χ0) is 11.2. The number of hydrogen-bond donors (Lipinski definition) is 0. The van der Waals surface area contributed by atoms with Gasteiger partial charge in [-0.3, -0.25) is 4.70 Å². The normalized spacial score (nSPS) is 8.20. The molecule has 0 saturated carbocycles. The molecule has 0 aromatic heterocycles. The maximum absolute atomic E-state index is 9.97. The van der Waals surface area contributed by atoms with E-state index in [0.29, 0.717) is 6.54 Å². The predicted octanol–water partition coefficient (Wildman–Crippen LogP) is 3.59. The van der Waals surface area contributed by atoms with Crippen LogP contribution in [0.15, 0.2) is 4.36 Å². The van der Waals surface area contributed by atoms with Crippen molar-refractivity contribution >= 4 is 10.5 Å². The summed E-state index contributed by atoms with van der Waals surface area (Å²) in [5, 5.41) is 0. The smallest absolute Gasteiger partial charge is 0.269 e. The fourth-order valence-corrected chi connectivity index (χ4v) is 1.31. The monoisotopic (exact) mass is 241 g/mol. The van der Waals surface area contributed by atoms with Gasteiger partial charge in [-0.1, -0.05) is 52.9 Å². The van der Waals surface area contributed by atoms with Gasteiger partial charge in [-0.25, -0.2) is 0 Å². The Morgan fingerprint density at radius 2 is 1.40 bits per heavy atom. The predicted molar refractivity (Wildman–Crippen MR) is 63.4 cm³/mol. The molecule has 0 N–H and O–H groups in total. The molecular weight excluding hydrogens is 217 g/mol. The van der Waals surface area contributed by atoms with E-state index in [4.69, 9.17) is 0 Å². The van der Waals surface area contributed by atoms with E-state index in [1.165, 1.54) is 25.7 Å². The average Bonchev–Trinajstić information content (AvgIpc) is 2.19. The molecule has 0 radical (unpaired) electrons. The van der Waals surface area contributed by atoms with E-state index in [9.17, 15) is 8.42 Å². The zero-order valence-corrected chi connectivity index (χ0v) is 10.8. The van der Waals surface area contributed by atoms with E-state index >= 15 is 0 Å². The molecule has 0 aliphatic rings. The number of nitrogens with zero attached hydrogens (tertiary/aromatic N) is 1. The summed E-state index contributed by atoms with van der Waals surface area (Å²) < 4.78 is 23.3. The van der Waals surface area contributed by atoms with Gasteiger partial charge in [-0.15, -0.1) is 0 Å². The second-order valence-corrected chi connectivity index (χ2v) is 3.53. The molecule has 0 fully saturated rings. The first-order valence-electron chi connectivity index (χ1n) is 5.54. The summed E-state index contributed by atoms with van der Waals surface area (Å²) in [4.78, 5) is 0. The van der Waals surface area contributed by atoms with Crippen molar-refractivity contribution in [1.82, 2.24) is 0 Å². The minimum absolute atomic E-state index is 0. The highest BCUT2D eigenvalue weighted by molar-refractivity contribution is 7.61. The van der Waals surface area contributed by atoms with E-state index in [1.807, 2.05) is 13.8 Å². The van der Waals surface area contributed by atoms with Crippen LogP contribution in [0, 0.1) is 0 Å². The third-order valence-electron chi connectivity index (χ3n) is 1.71. The molecular formula is C10H24FNO2S. The van der Waals surface area contributed by atoms with Crippen LogP contribution in [0.4, 0.5) is 4.70 Å². The fraction of sp³-hybridized carbons (Fsp3) is 1.00. The van der Waals surface area contributed by atoms with Crippen molar-refractivity contribution < 1.29 is 13.1 Å². The molecule has 0 bridgehead atoms. The summed E-state index contributed by atoms with van der Waals surface area (Å²) in [5.41, 5.74) is 0. The van der Waals surface area contributed by atoms with E-state index in [0.717, 1.165) is 12.8 Å². The SMILES string of the molecule is CC.CCCCCCCCN=S(=O)=O.F. The molecule has 0 aromatic rings. The summed E-state index contributed by atoms with van der Waals surface area (Å²) in [6.07, 6.45) is 6.99. The third-order valence-corrected chi connectivity index (χ3v) is 2.10. The molecule has 94 valence electrons. The number of unbranched alkanes of at least 4 members (excludes halogenated alkanes) is 5. The average molecular weight is 241 g/mol. The number of hydrogen-bond acceptors (Lipinski definition) is 3.